The van der Waals surface area contributed by atoms with Gasteiger partial charge in [0.05, 0.1) is 19.3 Å². The van der Waals surface area contributed by atoms with Crippen molar-refractivity contribution in [3.8, 4) is 0 Å². The molecular formula is C8H15NO2S. The van der Waals surface area contributed by atoms with Gasteiger partial charge in [-0.05, 0) is 12.7 Å². The second kappa shape index (κ2) is 4.72. The topological polar surface area (TPSA) is 29.5 Å². The Morgan fingerprint density at radius 1 is 1.75 bits per heavy atom. The van der Waals surface area contributed by atoms with Crippen molar-refractivity contribution in [2.75, 3.05) is 26.0 Å². The molecule has 0 aromatic heterocycles. The molecule has 1 aliphatic heterocycles. The van der Waals surface area contributed by atoms with Crippen molar-refractivity contribution in [1.29, 1.82) is 0 Å². The summed E-state index contributed by atoms with van der Waals surface area (Å²) in [5.41, 5.74) is 0. The molecule has 1 heterocycles. The summed E-state index contributed by atoms with van der Waals surface area (Å²) in [6.45, 7) is 4.21. The first-order valence-corrected chi connectivity index (χ1v) is 5.44. The molecule has 0 radical (unpaired) electrons. The lowest BCUT2D eigenvalue weighted by atomic mass is 10.2. The summed E-state index contributed by atoms with van der Waals surface area (Å²) in [5, 5.41) is 0.171. The van der Waals surface area contributed by atoms with E-state index >= 15 is 0 Å². The van der Waals surface area contributed by atoms with Crippen LogP contribution < -0.4 is 0 Å². The van der Waals surface area contributed by atoms with E-state index in [-0.39, 0.29) is 5.24 Å². The van der Waals surface area contributed by atoms with Crippen LogP contribution >= 0.6 is 11.8 Å². The number of carbonyl (C=O) groups is 1. The van der Waals surface area contributed by atoms with Crippen LogP contribution in [0.15, 0.2) is 0 Å². The van der Waals surface area contributed by atoms with Gasteiger partial charge in [0.15, 0.2) is 0 Å². The van der Waals surface area contributed by atoms with E-state index in [0.29, 0.717) is 19.3 Å². The summed E-state index contributed by atoms with van der Waals surface area (Å²) in [4.78, 5) is 13.3. The molecule has 0 aromatic carbocycles. The highest BCUT2D eigenvalue weighted by Crippen LogP contribution is 2.15. The number of ether oxygens (including phenoxy) is 1. The molecule has 12 heavy (non-hydrogen) atoms. The fraction of sp³-hybridized carbons (Fsp3) is 0.875. The van der Waals surface area contributed by atoms with Gasteiger partial charge in [-0.3, -0.25) is 4.79 Å². The van der Waals surface area contributed by atoms with E-state index in [4.69, 9.17) is 4.74 Å². The molecule has 1 rings (SSSR count). The maximum atomic E-state index is 11.4. The molecule has 1 amide bonds. The predicted octanol–water partition coefficient (Wildman–Crippen LogP) is 1.58. The van der Waals surface area contributed by atoms with Gasteiger partial charge < -0.3 is 9.64 Å². The van der Waals surface area contributed by atoms with Gasteiger partial charge in [-0.25, -0.2) is 0 Å². The minimum absolute atomic E-state index is 0.171. The molecule has 1 aliphatic rings. The molecule has 0 N–H and O–H groups in total. The van der Waals surface area contributed by atoms with E-state index in [1.165, 1.54) is 11.8 Å². The third kappa shape index (κ3) is 2.14. The van der Waals surface area contributed by atoms with E-state index in [0.717, 1.165) is 13.0 Å². The van der Waals surface area contributed by atoms with Crippen molar-refractivity contribution in [2.45, 2.75) is 19.4 Å². The summed E-state index contributed by atoms with van der Waals surface area (Å²) >= 11 is 1.28. The standard InChI is InChI=1S/C8H15NO2S/c1-3-7-6-11-5-4-9(7)8(10)12-2/h7H,3-6H2,1-2H3/t7-/m0/s1. The minimum Gasteiger partial charge on any atom is -0.377 e. The zero-order valence-corrected chi connectivity index (χ0v) is 8.39. The first-order valence-electron chi connectivity index (χ1n) is 4.22. The van der Waals surface area contributed by atoms with E-state index in [1.54, 1.807) is 0 Å². The van der Waals surface area contributed by atoms with Crippen LogP contribution in [-0.2, 0) is 4.74 Å². The van der Waals surface area contributed by atoms with Crippen molar-refractivity contribution in [3.05, 3.63) is 0 Å². The molecule has 70 valence electrons. The summed E-state index contributed by atoms with van der Waals surface area (Å²) in [6.07, 6.45) is 2.80. The monoisotopic (exact) mass is 189 g/mol. The lowest BCUT2D eigenvalue weighted by molar-refractivity contribution is 0.0172. The Kier molecular flexibility index (Phi) is 3.88. The second-order valence-corrected chi connectivity index (χ2v) is 3.56. The van der Waals surface area contributed by atoms with Gasteiger partial charge in [0.2, 0.25) is 0 Å². The number of amides is 1. The molecule has 0 saturated carbocycles. The summed E-state index contributed by atoms with van der Waals surface area (Å²) < 4.78 is 5.29. The van der Waals surface area contributed by atoms with E-state index in [1.807, 2.05) is 11.2 Å². The van der Waals surface area contributed by atoms with Gasteiger partial charge in [0.25, 0.3) is 5.24 Å². The quantitative estimate of drug-likeness (QED) is 0.627. The molecule has 4 heteroatoms. The van der Waals surface area contributed by atoms with Crippen LogP contribution in [0.5, 0.6) is 0 Å². The molecule has 1 fully saturated rings. The lowest BCUT2D eigenvalue weighted by Crippen LogP contribution is -2.46. The molecule has 0 aromatic rings. The number of morpholine rings is 1. The van der Waals surface area contributed by atoms with Gasteiger partial charge >= 0.3 is 0 Å². The van der Waals surface area contributed by atoms with Crippen molar-refractivity contribution in [3.63, 3.8) is 0 Å². The van der Waals surface area contributed by atoms with Crippen molar-refractivity contribution in [2.24, 2.45) is 0 Å². The average molecular weight is 189 g/mol. The van der Waals surface area contributed by atoms with Gasteiger partial charge in [-0.2, -0.15) is 0 Å². The average Bonchev–Trinajstić information content (AvgIpc) is 2.16. The van der Waals surface area contributed by atoms with Crippen molar-refractivity contribution < 1.29 is 9.53 Å². The van der Waals surface area contributed by atoms with Crippen LogP contribution in [0.4, 0.5) is 4.79 Å². The predicted molar refractivity (Wildman–Crippen MR) is 50.5 cm³/mol. The largest absolute Gasteiger partial charge is 0.377 e. The van der Waals surface area contributed by atoms with E-state index < -0.39 is 0 Å². The number of hydrogen-bond acceptors (Lipinski definition) is 3. The highest BCUT2D eigenvalue weighted by atomic mass is 32.2. The summed E-state index contributed by atoms with van der Waals surface area (Å²) in [5.74, 6) is 0. The Balaban J connectivity index is 2.52. The van der Waals surface area contributed by atoms with Gasteiger partial charge in [-0.15, -0.1) is 0 Å². The highest BCUT2D eigenvalue weighted by molar-refractivity contribution is 8.12. The van der Waals surface area contributed by atoms with Crippen LogP contribution in [0.25, 0.3) is 0 Å². The van der Waals surface area contributed by atoms with Crippen LogP contribution in [0.3, 0.4) is 0 Å². The minimum atomic E-state index is 0.171. The molecule has 0 unspecified atom stereocenters. The fourth-order valence-corrected chi connectivity index (χ4v) is 1.83. The Bertz CT molecular complexity index is 163. The molecule has 1 atom stereocenters. The first-order chi connectivity index (χ1) is 5.79. The normalized spacial score (nSPS) is 24.2. The smallest absolute Gasteiger partial charge is 0.281 e. The number of thioether (sulfide) groups is 1. The lowest BCUT2D eigenvalue weighted by Gasteiger charge is -2.34. The second-order valence-electron chi connectivity index (χ2n) is 2.80. The fourth-order valence-electron chi connectivity index (χ4n) is 1.35. The van der Waals surface area contributed by atoms with E-state index in [2.05, 4.69) is 6.92 Å². The molecule has 3 nitrogen and oxygen atoms in total. The third-order valence-electron chi connectivity index (χ3n) is 2.11. The Morgan fingerprint density at radius 3 is 3.08 bits per heavy atom. The van der Waals surface area contributed by atoms with Crippen LogP contribution in [-0.4, -0.2) is 42.2 Å². The maximum absolute atomic E-state index is 11.4. The Hall–Kier alpha value is -0.220. The number of nitrogens with zero attached hydrogens (tertiary/aromatic N) is 1. The zero-order chi connectivity index (χ0) is 8.97. The third-order valence-corrected chi connectivity index (χ3v) is 2.69. The van der Waals surface area contributed by atoms with Crippen LogP contribution in [0.1, 0.15) is 13.3 Å². The summed E-state index contributed by atoms with van der Waals surface area (Å²) in [7, 11) is 0. The molecule has 0 bridgehead atoms. The Labute approximate surface area is 77.4 Å². The van der Waals surface area contributed by atoms with Gasteiger partial charge in [0.1, 0.15) is 0 Å². The number of hydrogen-bond donors (Lipinski definition) is 0. The SMILES string of the molecule is CC[C@H]1COCCN1C(=O)SC. The zero-order valence-electron chi connectivity index (χ0n) is 7.58. The van der Waals surface area contributed by atoms with E-state index in [9.17, 15) is 4.79 Å². The van der Waals surface area contributed by atoms with Gasteiger partial charge in [0, 0.05) is 6.54 Å². The van der Waals surface area contributed by atoms with Crippen molar-refractivity contribution >= 4 is 17.0 Å². The molecule has 0 aliphatic carbocycles. The Morgan fingerprint density at radius 2 is 2.50 bits per heavy atom. The van der Waals surface area contributed by atoms with Crippen LogP contribution in [0.2, 0.25) is 0 Å². The highest BCUT2D eigenvalue weighted by Gasteiger charge is 2.24. The molecular weight excluding hydrogens is 174 g/mol. The molecule has 1 saturated heterocycles. The molecule has 0 spiro atoms. The van der Waals surface area contributed by atoms with Gasteiger partial charge in [-0.1, -0.05) is 18.7 Å². The number of carbonyl (C=O) groups excluding carboxylic acids is 1. The van der Waals surface area contributed by atoms with Crippen molar-refractivity contribution in [1.82, 2.24) is 4.90 Å². The maximum Gasteiger partial charge on any atom is 0.281 e. The number of rotatable bonds is 1. The van der Waals surface area contributed by atoms with Crippen LogP contribution in [0, 0.1) is 0 Å². The first kappa shape index (κ1) is 9.86. The summed E-state index contributed by atoms with van der Waals surface area (Å²) in [6, 6.07) is 0.290.